The van der Waals surface area contributed by atoms with Gasteiger partial charge in [0.25, 0.3) is 0 Å². The van der Waals surface area contributed by atoms with Gasteiger partial charge in [-0.1, -0.05) is 5.16 Å². The predicted molar refractivity (Wildman–Crippen MR) is 80.2 cm³/mol. The second-order valence-corrected chi connectivity index (χ2v) is 6.64. The van der Waals surface area contributed by atoms with Gasteiger partial charge in [-0.25, -0.2) is 4.98 Å². The van der Waals surface area contributed by atoms with Crippen LogP contribution < -0.4 is 0 Å². The molecular formula is C16H22N4O2. The van der Waals surface area contributed by atoms with Crippen molar-refractivity contribution in [3.05, 3.63) is 35.7 Å². The Kier molecular flexibility index (Phi) is 3.50. The van der Waals surface area contributed by atoms with E-state index < -0.39 is 0 Å². The summed E-state index contributed by atoms with van der Waals surface area (Å²) in [6.45, 7) is 4.31. The molecule has 6 nitrogen and oxygen atoms in total. The number of aliphatic hydroxyl groups excluding tert-OH is 1. The molecule has 2 aliphatic rings. The minimum absolute atomic E-state index is 0.205. The van der Waals surface area contributed by atoms with Crippen LogP contribution in [0.2, 0.25) is 0 Å². The van der Waals surface area contributed by atoms with Crippen LogP contribution in [0.3, 0.4) is 0 Å². The number of hydrogen-bond acceptors (Lipinski definition) is 5. The van der Waals surface area contributed by atoms with Crippen molar-refractivity contribution < 1.29 is 9.63 Å². The van der Waals surface area contributed by atoms with Crippen molar-refractivity contribution >= 4 is 0 Å². The lowest BCUT2D eigenvalue weighted by Gasteiger charge is -2.16. The lowest BCUT2D eigenvalue weighted by molar-refractivity contribution is 0.137. The number of likely N-dealkylation sites (tertiary alicyclic amines) is 1. The topological polar surface area (TPSA) is 67.3 Å². The first kappa shape index (κ1) is 14.0. The second-order valence-electron chi connectivity index (χ2n) is 6.64. The van der Waals surface area contributed by atoms with Crippen molar-refractivity contribution in [1.82, 2.24) is 19.6 Å². The van der Waals surface area contributed by atoms with E-state index in [4.69, 9.17) is 4.52 Å². The first-order chi connectivity index (χ1) is 10.7. The van der Waals surface area contributed by atoms with Crippen LogP contribution >= 0.6 is 0 Å². The standard InChI is InChI=1S/C16H22N4O2/c1-11-6-14(22-18-11)7-12-8-19(9-15(12)21)10-16-17-4-5-20(16)13-2-3-13/h4-6,12-13,15,21H,2-3,7-10H2,1H3/t12-,15-/m1/s1. The van der Waals surface area contributed by atoms with E-state index in [2.05, 4.69) is 25.8 Å². The average Bonchev–Trinajstić information content (AvgIpc) is 2.93. The minimum Gasteiger partial charge on any atom is -0.391 e. The zero-order valence-electron chi connectivity index (χ0n) is 12.9. The van der Waals surface area contributed by atoms with Gasteiger partial charge in [-0.3, -0.25) is 4.90 Å². The molecule has 1 saturated heterocycles. The third-order valence-electron chi connectivity index (χ3n) is 4.68. The van der Waals surface area contributed by atoms with Gasteiger partial charge in [-0.05, 0) is 19.8 Å². The lowest BCUT2D eigenvalue weighted by Crippen LogP contribution is -2.23. The summed E-state index contributed by atoms with van der Waals surface area (Å²) in [6.07, 6.45) is 6.92. The highest BCUT2D eigenvalue weighted by atomic mass is 16.5. The summed E-state index contributed by atoms with van der Waals surface area (Å²) in [5.41, 5.74) is 0.894. The van der Waals surface area contributed by atoms with Crippen molar-refractivity contribution in [2.75, 3.05) is 13.1 Å². The number of aryl methyl sites for hydroxylation is 1. The number of nitrogens with zero attached hydrogens (tertiary/aromatic N) is 4. The Bertz CT molecular complexity index is 646. The predicted octanol–water partition coefficient (Wildman–Crippen LogP) is 1.55. The van der Waals surface area contributed by atoms with Crippen LogP contribution in [0.4, 0.5) is 0 Å². The van der Waals surface area contributed by atoms with E-state index in [1.807, 2.05) is 19.2 Å². The summed E-state index contributed by atoms with van der Waals surface area (Å²) in [6, 6.07) is 2.60. The molecule has 1 saturated carbocycles. The van der Waals surface area contributed by atoms with Crippen molar-refractivity contribution in [3.8, 4) is 0 Å². The Hall–Kier alpha value is -1.66. The van der Waals surface area contributed by atoms with Gasteiger partial charge in [-0.15, -0.1) is 0 Å². The van der Waals surface area contributed by atoms with Crippen LogP contribution in [-0.4, -0.2) is 43.9 Å². The van der Waals surface area contributed by atoms with Gasteiger partial charge in [0.1, 0.15) is 11.6 Å². The van der Waals surface area contributed by atoms with E-state index in [-0.39, 0.29) is 12.0 Å². The number of aromatic nitrogens is 3. The highest BCUT2D eigenvalue weighted by Crippen LogP contribution is 2.36. The van der Waals surface area contributed by atoms with E-state index in [0.29, 0.717) is 12.6 Å². The Labute approximate surface area is 129 Å². The van der Waals surface area contributed by atoms with Gasteiger partial charge in [0, 0.05) is 49.9 Å². The molecule has 0 unspecified atom stereocenters. The van der Waals surface area contributed by atoms with Crippen LogP contribution in [-0.2, 0) is 13.0 Å². The van der Waals surface area contributed by atoms with Crippen LogP contribution in [0, 0.1) is 12.8 Å². The molecule has 6 heteroatoms. The van der Waals surface area contributed by atoms with Crippen molar-refractivity contribution in [3.63, 3.8) is 0 Å². The number of rotatable bonds is 5. The maximum atomic E-state index is 10.3. The first-order valence-electron chi connectivity index (χ1n) is 8.03. The molecule has 2 aromatic heterocycles. The quantitative estimate of drug-likeness (QED) is 0.907. The summed E-state index contributed by atoms with van der Waals surface area (Å²) in [5, 5.41) is 14.2. The largest absolute Gasteiger partial charge is 0.391 e. The smallest absolute Gasteiger partial charge is 0.137 e. The molecule has 2 fully saturated rings. The maximum absolute atomic E-state index is 10.3. The molecule has 22 heavy (non-hydrogen) atoms. The third kappa shape index (κ3) is 2.80. The SMILES string of the molecule is Cc1cc(C[C@@H]2CN(Cc3nccn3C3CC3)C[C@H]2O)on1. The molecule has 0 spiro atoms. The van der Waals surface area contributed by atoms with Crippen LogP contribution in [0.1, 0.15) is 36.2 Å². The fourth-order valence-electron chi connectivity index (χ4n) is 3.39. The molecule has 1 aliphatic carbocycles. The average molecular weight is 302 g/mol. The lowest BCUT2D eigenvalue weighted by atomic mass is 10.0. The number of β-amino-alcohol motifs (C(OH)–C–C–N with tert-alkyl or cyclic N) is 1. The summed E-state index contributed by atoms with van der Waals surface area (Å²) >= 11 is 0. The molecule has 118 valence electrons. The number of imidazole rings is 1. The molecule has 2 atom stereocenters. The molecule has 0 aromatic carbocycles. The minimum atomic E-state index is -0.310. The summed E-state index contributed by atoms with van der Waals surface area (Å²) in [7, 11) is 0. The van der Waals surface area contributed by atoms with Gasteiger partial charge >= 0.3 is 0 Å². The molecule has 1 aliphatic heterocycles. The summed E-state index contributed by atoms with van der Waals surface area (Å²) in [4.78, 5) is 6.78. The molecular weight excluding hydrogens is 280 g/mol. The van der Waals surface area contributed by atoms with Gasteiger partial charge < -0.3 is 14.2 Å². The fourth-order valence-corrected chi connectivity index (χ4v) is 3.39. The molecule has 4 rings (SSSR count). The number of aliphatic hydroxyl groups is 1. The van der Waals surface area contributed by atoms with Crippen molar-refractivity contribution in [2.45, 2.75) is 44.9 Å². The van der Waals surface area contributed by atoms with E-state index >= 15 is 0 Å². The molecule has 0 radical (unpaired) electrons. The zero-order valence-corrected chi connectivity index (χ0v) is 12.9. The molecule has 0 bridgehead atoms. The molecule has 3 heterocycles. The van der Waals surface area contributed by atoms with Crippen LogP contribution in [0.25, 0.3) is 0 Å². The Morgan fingerprint density at radius 2 is 2.23 bits per heavy atom. The highest BCUT2D eigenvalue weighted by molar-refractivity contribution is 5.06. The number of hydrogen-bond donors (Lipinski definition) is 1. The van der Waals surface area contributed by atoms with Crippen LogP contribution in [0.15, 0.2) is 23.0 Å². The van der Waals surface area contributed by atoms with Gasteiger partial charge in [0.2, 0.25) is 0 Å². The van der Waals surface area contributed by atoms with E-state index in [0.717, 1.165) is 36.8 Å². The first-order valence-corrected chi connectivity index (χ1v) is 8.03. The Balaban J connectivity index is 1.39. The molecule has 2 aromatic rings. The summed E-state index contributed by atoms with van der Waals surface area (Å²) in [5.74, 6) is 2.19. The third-order valence-corrected chi connectivity index (χ3v) is 4.68. The van der Waals surface area contributed by atoms with E-state index in [1.54, 1.807) is 0 Å². The summed E-state index contributed by atoms with van der Waals surface area (Å²) < 4.78 is 7.57. The van der Waals surface area contributed by atoms with E-state index in [9.17, 15) is 5.11 Å². The van der Waals surface area contributed by atoms with E-state index in [1.165, 1.54) is 12.8 Å². The Morgan fingerprint density at radius 1 is 1.36 bits per heavy atom. The highest BCUT2D eigenvalue weighted by Gasteiger charge is 2.33. The fraction of sp³-hybridized carbons (Fsp3) is 0.625. The van der Waals surface area contributed by atoms with Crippen molar-refractivity contribution in [2.24, 2.45) is 5.92 Å². The Morgan fingerprint density at radius 3 is 2.95 bits per heavy atom. The zero-order chi connectivity index (χ0) is 15.1. The van der Waals surface area contributed by atoms with Crippen molar-refractivity contribution in [1.29, 1.82) is 0 Å². The van der Waals surface area contributed by atoms with Gasteiger partial charge in [-0.2, -0.15) is 0 Å². The molecule has 1 N–H and O–H groups in total. The molecule has 0 amide bonds. The van der Waals surface area contributed by atoms with Gasteiger partial charge in [0.15, 0.2) is 0 Å². The van der Waals surface area contributed by atoms with Crippen LogP contribution in [0.5, 0.6) is 0 Å². The monoisotopic (exact) mass is 302 g/mol. The second kappa shape index (κ2) is 5.52. The maximum Gasteiger partial charge on any atom is 0.137 e. The van der Waals surface area contributed by atoms with Gasteiger partial charge in [0.05, 0.1) is 18.3 Å². The normalized spacial score (nSPS) is 25.9.